The van der Waals surface area contributed by atoms with E-state index in [9.17, 15) is 4.79 Å². The van der Waals surface area contributed by atoms with Crippen LogP contribution in [-0.4, -0.2) is 45.0 Å². The second-order valence-electron chi connectivity index (χ2n) is 6.30. The van der Waals surface area contributed by atoms with E-state index >= 15 is 0 Å². The Kier molecular flexibility index (Phi) is 6.09. The molecule has 0 unspecified atom stereocenters. The molecule has 1 aromatic carbocycles. The average Bonchev–Trinajstić information content (AvgIpc) is 3.02. The normalized spacial score (nSPS) is 11.5. The first-order valence-corrected chi connectivity index (χ1v) is 8.37. The Morgan fingerprint density at radius 1 is 1.21 bits per heavy atom. The number of hydrogen-bond acceptors (Lipinski definition) is 5. The molecule has 6 heteroatoms. The fourth-order valence-electron chi connectivity index (χ4n) is 2.76. The highest BCUT2D eigenvalue weighted by Crippen LogP contribution is 2.23. The zero-order valence-corrected chi connectivity index (χ0v) is 15.0. The van der Waals surface area contributed by atoms with Crippen molar-refractivity contribution in [2.45, 2.75) is 53.2 Å². The highest BCUT2D eigenvalue weighted by molar-refractivity contribution is 5.93. The molecule has 0 aliphatic rings. The van der Waals surface area contributed by atoms with Crippen molar-refractivity contribution in [2.75, 3.05) is 6.61 Å². The quantitative estimate of drug-likeness (QED) is 0.789. The molecule has 0 fully saturated rings. The highest BCUT2D eigenvalue weighted by atomic mass is 16.5. The molecule has 2 aromatic rings. The summed E-state index contributed by atoms with van der Waals surface area (Å²) in [5.74, 6) is -0.461. The molecular formula is C18H26N4O2. The molecule has 1 heterocycles. The largest absolute Gasteiger partial charge is 0.461 e. The summed E-state index contributed by atoms with van der Waals surface area (Å²) in [6, 6.07) is 8.96. The van der Waals surface area contributed by atoms with Gasteiger partial charge in [-0.25, -0.2) is 4.79 Å². The molecule has 0 saturated carbocycles. The minimum absolute atomic E-state index is 0.221. The van der Waals surface area contributed by atoms with Crippen LogP contribution in [0.15, 0.2) is 24.3 Å². The fraction of sp³-hybridized carbons (Fsp3) is 0.500. The van der Waals surface area contributed by atoms with Crippen LogP contribution in [0.3, 0.4) is 0 Å². The molecular weight excluding hydrogens is 304 g/mol. The van der Waals surface area contributed by atoms with Gasteiger partial charge < -0.3 is 4.74 Å². The van der Waals surface area contributed by atoms with E-state index in [1.165, 1.54) is 5.56 Å². The van der Waals surface area contributed by atoms with E-state index in [0.717, 1.165) is 12.1 Å². The van der Waals surface area contributed by atoms with Crippen LogP contribution in [0.4, 0.5) is 0 Å². The number of H-pyrrole nitrogens is 1. The van der Waals surface area contributed by atoms with Gasteiger partial charge in [0.2, 0.25) is 0 Å². The van der Waals surface area contributed by atoms with Crippen molar-refractivity contribution in [1.82, 2.24) is 20.3 Å². The zero-order chi connectivity index (χ0) is 17.7. The van der Waals surface area contributed by atoms with Crippen LogP contribution in [0, 0.1) is 0 Å². The number of carbonyl (C=O) groups excluding carboxylic acids is 1. The van der Waals surface area contributed by atoms with Crippen molar-refractivity contribution in [2.24, 2.45) is 0 Å². The van der Waals surface area contributed by atoms with Gasteiger partial charge in [-0.1, -0.05) is 18.2 Å². The number of ether oxygens (including phenoxy) is 1. The summed E-state index contributed by atoms with van der Waals surface area (Å²) in [7, 11) is 0. The monoisotopic (exact) mass is 330 g/mol. The van der Waals surface area contributed by atoms with Crippen molar-refractivity contribution in [3.05, 3.63) is 35.5 Å². The van der Waals surface area contributed by atoms with E-state index in [-0.39, 0.29) is 5.69 Å². The predicted octanol–water partition coefficient (Wildman–Crippen LogP) is 3.27. The Balaban J connectivity index is 2.28. The molecule has 0 spiro atoms. The standard InChI is InChI=1S/C18H26N4O2/c1-6-24-18(23)17-16(19-21-20-17)15-9-7-8-14(10-15)11-22(12(2)3)13(4)5/h7-10,12-13H,6,11H2,1-5H3,(H,19,20,21). The second-order valence-corrected chi connectivity index (χ2v) is 6.30. The van der Waals surface area contributed by atoms with E-state index in [0.29, 0.717) is 24.4 Å². The molecule has 1 aromatic heterocycles. The van der Waals surface area contributed by atoms with Gasteiger partial charge in [-0.05, 0) is 46.2 Å². The number of nitrogens with zero attached hydrogens (tertiary/aromatic N) is 3. The molecule has 0 aliphatic heterocycles. The molecule has 24 heavy (non-hydrogen) atoms. The van der Waals surface area contributed by atoms with Crippen LogP contribution in [0.1, 0.15) is 50.7 Å². The minimum Gasteiger partial charge on any atom is -0.461 e. The van der Waals surface area contributed by atoms with Crippen molar-refractivity contribution in [3.63, 3.8) is 0 Å². The van der Waals surface area contributed by atoms with Gasteiger partial charge in [-0.3, -0.25) is 4.90 Å². The van der Waals surface area contributed by atoms with Crippen LogP contribution in [0.5, 0.6) is 0 Å². The SMILES string of the molecule is CCOC(=O)c1n[nH]nc1-c1cccc(CN(C(C)C)C(C)C)c1. The molecule has 0 radical (unpaired) electrons. The van der Waals surface area contributed by atoms with Gasteiger partial charge in [0.15, 0.2) is 5.69 Å². The third-order valence-corrected chi connectivity index (χ3v) is 3.91. The number of aromatic nitrogens is 3. The van der Waals surface area contributed by atoms with Gasteiger partial charge in [0.25, 0.3) is 0 Å². The average molecular weight is 330 g/mol. The first kappa shape index (κ1) is 18.1. The first-order valence-electron chi connectivity index (χ1n) is 8.37. The van der Waals surface area contributed by atoms with Gasteiger partial charge in [0, 0.05) is 24.2 Å². The first-order chi connectivity index (χ1) is 11.4. The van der Waals surface area contributed by atoms with E-state index in [1.807, 2.05) is 12.1 Å². The fourth-order valence-corrected chi connectivity index (χ4v) is 2.76. The third-order valence-electron chi connectivity index (χ3n) is 3.91. The predicted molar refractivity (Wildman–Crippen MR) is 93.6 cm³/mol. The summed E-state index contributed by atoms with van der Waals surface area (Å²) in [6.45, 7) is 11.7. The number of rotatable bonds is 7. The lowest BCUT2D eigenvalue weighted by molar-refractivity contribution is 0.0520. The Morgan fingerprint density at radius 3 is 2.54 bits per heavy atom. The molecule has 0 bridgehead atoms. The van der Waals surface area contributed by atoms with E-state index in [2.05, 4.69) is 60.1 Å². The van der Waals surface area contributed by atoms with Crippen LogP contribution in [0.2, 0.25) is 0 Å². The molecule has 130 valence electrons. The lowest BCUT2D eigenvalue weighted by Crippen LogP contribution is -2.36. The van der Waals surface area contributed by atoms with E-state index in [1.54, 1.807) is 6.92 Å². The lowest BCUT2D eigenvalue weighted by atomic mass is 10.1. The van der Waals surface area contributed by atoms with Crippen molar-refractivity contribution in [1.29, 1.82) is 0 Å². The number of carbonyl (C=O) groups is 1. The number of aromatic amines is 1. The number of hydrogen-bond donors (Lipinski definition) is 1. The molecule has 0 aliphatic carbocycles. The van der Waals surface area contributed by atoms with Crippen molar-refractivity contribution in [3.8, 4) is 11.3 Å². The van der Waals surface area contributed by atoms with Crippen LogP contribution >= 0.6 is 0 Å². The molecule has 6 nitrogen and oxygen atoms in total. The van der Waals surface area contributed by atoms with Crippen molar-refractivity contribution < 1.29 is 9.53 Å². The number of nitrogens with one attached hydrogen (secondary N) is 1. The maximum Gasteiger partial charge on any atom is 0.361 e. The second kappa shape index (κ2) is 8.06. The Bertz CT molecular complexity index is 671. The Hall–Kier alpha value is -2.21. The van der Waals surface area contributed by atoms with Crippen LogP contribution in [0.25, 0.3) is 11.3 Å². The number of esters is 1. The minimum atomic E-state index is -0.461. The molecule has 0 amide bonds. The Labute approximate surface area is 143 Å². The lowest BCUT2D eigenvalue weighted by Gasteiger charge is -2.30. The summed E-state index contributed by atoms with van der Waals surface area (Å²) >= 11 is 0. The van der Waals surface area contributed by atoms with E-state index < -0.39 is 5.97 Å². The summed E-state index contributed by atoms with van der Waals surface area (Å²) in [5.41, 5.74) is 2.78. The Morgan fingerprint density at radius 2 is 1.92 bits per heavy atom. The topological polar surface area (TPSA) is 71.1 Å². The molecule has 0 saturated heterocycles. The van der Waals surface area contributed by atoms with Gasteiger partial charge >= 0.3 is 5.97 Å². The maximum atomic E-state index is 12.0. The zero-order valence-electron chi connectivity index (χ0n) is 15.0. The summed E-state index contributed by atoms with van der Waals surface area (Å²) in [4.78, 5) is 14.4. The van der Waals surface area contributed by atoms with E-state index in [4.69, 9.17) is 4.74 Å². The molecule has 0 atom stereocenters. The van der Waals surface area contributed by atoms with Gasteiger partial charge in [0.05, 0.1) is 6.61 Å². The van der Waals surface area contributed by atoms with Gasteiger partial charge in [-0.2, -0.15) is 10.3 Å². The van der Waals surface area contributed by atoms with Crippen LogP contribution in [-0.2, 0) is 11.3 Å². The van der Waals surface area contributed by atoms with Gasteiger partial charge in [0.1, 0.15) is 5.69 Å². The third kappa shape index (κ3) is 4.20. The van der Waals surface area contributed by atoms with Crippen LogP contribution < -0.4 is 0 Å². The summed E-state index contributed by atoms with van der Waals surface area (Å²) in [6.07, 6.45) is 0. The van der Waals surface area contributed by atoms with Crippen molar-refractivity contribution >= 4 is 5.97 Å². The highest BCUT2D eigenvalue weighted by Gasteiger charge is 2.20. The molecule has 1 N–H and O–H groups in total. The molecule has 2 rings (SSSR count). The smallest absolute Gasteiger partial charge is 0.361 e. The summed E-state index contributed by atoms with van der Waals surface area (Å²) in [5, 5.41) is 10.6. The maximum absolute atomic E-state index is 12.0. The summed E-state index contributed by atoms with van der Waals surface area (Å²) < 4.78 is 5.04. The number of benzene rings is 1. The van der Waals surface area contributed by atoms with Gasteiger partial charge in [-0.15, -0.1) is 5.10 Å².